The van der Waals surface area contributed by atoms with Gasteiger partial charge in [0.1, 0.15) is 5.82 Å². The molecule has 9 heteroatoms. The van der Waals surface area contributed by atoms with Crippen LogP contribution >= 0.6 is 0 Å². The van der Waals surface area contributed by atoms with Gasteiger partial charge >= 0.3 is 0 Å². The average molecular weight is 419 g/mol. The van der Waals surface area contributed by atoms with Crippen LogP contribution in [-0.2, 0) is 6.42 Å². The third-order valence-electron chi connectivity index (χ3n) is 5.12. The maximum atomic E-state index is 14.0. The molecule has 156 valence electrons. The number of aromatic nitrogens is 2. The third kappa shape index (κ3) is 3.92. The number of halogens is 4. The summed E-state index contributed by atoms with van der Waals surface area (Å²) in [6.07, 6.45) is 1.77. The molecule has 5 nitrogen and oxygen atoms in total. The van der Waals surface area contributed by atoms with Crippen LogP contribution in [0.25, 0.3) is 11.4 Å². The van der Waals surface area contributed by atoms with Gasteiger partial charge in [0.2, 0.25) is 11.7 Å². The van der Waals surface area contributed by atoms with Gasteiger partial charge in [0.25, 0.3) is 5.91 Å². The zero-order valence-electron chi connectivity index (χ0n) is 15.7. The minimum absolute atomic E-state index is 0.0509. The molecule has 1 aliphatic rings. The van der Waals surface area contributed by atoms with E-state index in [0.29, 0.717) is 25.3 Å². The summed E-state index contributed by atoms with van der Waals surface area (Å²) in [5.74, 6) is -5.29. The van der Waals surface area contributed by atoms with E-state index < -0.39 is 34.7 Å². The fraction of sp³-hybridized carbons (Fsp3) is 0.286. The Morgan fingerprint density at radius 1 is 1.07 bits per heavy atom. The average Bonchev–Trinajstić information content (AvgIpc) is 3.20. The van der Waals surface area contributed by atoms with Gasteiger partial charge < -0.3 is 9.42 Å². The first kappa shape index (κ1) is 20.1. The maximum absolute atomic E-state index is 14.0. The van der Waals surface area contributed by atoms with Crippen molar-refractivity contribution in [2.75, 3.05) is 13.1 Å². The van der Waals surface area contributed by atoms with Gasteiger partial charge in [0, 0.05) is 19.5 Å². The molecule has 0 spiro atoms. The summed E-state index contributed by atoms with van der Waals surface area (Å²) >= 11 is 0. The van der Waals surface area contributed by atoms with Gasteiger partial charge in [-0.1, -0.05) is 17.3 Å². The highest BCUT2D eigenvalue weighted by atomic mass is 19.2. The molecular weight excluding hydrogens is 402 g/mol. The lowest BCUT2D eigenvalue weighted by Gasteiger charge is -2.32. The second-order valence-electron chi connectivity index (χ2n) is 7.18. The Morgan fingerprint density at radius 3 is 2.67 bits per heavy atom. The molecule has 4 rings (SSSR count). The molecule has 2 aromatic carbocycles. The van der Waals surface area contributed by atoms with Gasteiger partial charge in [-0.2, -0.15) is 4.98 Å². The predicted octanol–water partition coefficient (Wildman–Crippen LogP) is 4.39. The third-order valence-corrected chi connectivity index (χ3v) is 5.12. The SMILES string of the molecule is O=C(c1ccc(F)c(F)c1F)N1CCC[C@H](Cc2nc(-c3ccccc3F)no2)C1. The van der Waals surface area contributed by atoms with Crippen LogP contribution in [0.4, 0.5) is 17.6 Å². The molecular formula is C21H17F4N3O2. The van der Waals surface area contributed by atoms with Crippen LogP contribution < -0.4 is 0 Å². The molecule has 1 fully saturated rings. The van der Waals surface area contributed by atoms with E-state index in [1.54, 1.807) is 18.2 Å². The Kier molecular flexibility index (Phi) is 5.52. The van der Waals surface area contributed by atoms with E-state index in [4.69, 9.17) is 4.52 Å². The highest BCUT2D eigenvalue weighted by Gasteiger charge is 2.29. The van der Waals surface area contributed by atoms with E-state index in [0.717, 1.165) is 18.6 Å². The lowest BCUT2D eigenvalue weighted by Crippen LogP contribution is -2.41. The molecule has 0 saturated carbocycles. The molecule has 1 atom stereocenters. The number of nitrogens with zero attached hydrogens (tertiary/aromatic N) is 3. The normalized spacial score (nSPS) is 16.7. The van der Waals surface area contributed by atoms with Crippen molar-refractivity contribution in [2.45, 2.75) is 19.3 Å². The number of amides is 1. The molecule has 1 saturated heterocycles. The van der Waals surface area contributed by atoms with Gasteiger partial charge in [0.15, 0.2) is 17.5 Å². The molecule has 0 unspecified atom stereocenters. The minimum atomic E-state index is -1.67. The van der Waals surface area contributed by atoms with E-state index in [1.165, 1.54) is 11.0 Å². The molecule has 1 amide bonds. The van der Waals surface area contributed by atoms with Gasteiger partial charge in [-0.15, -0.1) is 0 Å². The minimum Gasteiger partial charge on any atom is -0.339 e. The van der Waals surface area contributed by atoms with Crippen molar-refractivity contribution in [3.63, 3.8) is 0 Å². The number of hydrogen-bond donors (Lipinski definition) is 0. The Hall–Kier alpha value is -3.23. The smallest absolute Gasteiger partial charge is 0.256 e. The van der Waals surface area contributed by atoms with E-state index >= 15 is 0 Å². The predicted molar refractivity (Wildman–Crippen MR) is 98.3 cm³/mol. The molecule has 2 heterocycles. The molecule has 1 aliphatic heterocycles. The van der Waals surface area contributed by atoms with Crippen molar-refractivity contribution in [1.82, 2.24) is 15.0 Å². The highest BCUT2D eigenvalue weighted by Crippen LogP contribution is 2.25. The van der Waals surface area contributed by atoms with Gasteiger partial charge in [-0.05, 0) is 43.0 Å². The van der Waals surface area contributed by atoms with E-state index in [2.05, 4.69) is 10.1 Å². The summed E-state index contributed by atoms with van der Waals surface area (Å²) in [7, 11) is 0. The molecule has 1 aromatic heterocycles. The van der Waals surface area contributed by atoms with E-state index in [9.17, 15) is 22.4 Å². The van der Waals surface area contributed by atoms with Crippen LogP contribution in [0.5, 0.6) is 0 Å². The standard InChI is InChI=1S/C21H17F4N3O2/c22-15-6-2-1-5-13(15)20-26-17(30-27-20)10-12-4-3-9-28(11-12)21(29)14-7-8-16(23)19(25)18(14)24/h1-2,5-8,12H,3-4,9-11H2/t12-/m1/s1. The summed E-state index contributed by atoms with van der Waals surface area (Å²) in [5, 5.41) is 3.81. The first-order valence-electron chi connectivity index (χ1n) is 9.44. The first-order valence-corrected chi connectivity index (χ1v) is 9.44. The maximum Gasteiger partial charge on any atom is 0.256 e. The molecule has 0 bridgehead atoms. The quantitative estimate of drug-likeness (QED) is 0.465. The Labute approximate surface area is 169 Å². The van der Waals surface area contributed by atoms with Gasteiger partial charge in [-0.3, -0.25) is 4.79 Å². The second kappa shape index (κ2) is 8.25. The highest BCUT2D eigenvalue weighted by molar-refractivity contribution is 5.94. The summed E-state index contributed by atoms with van der Waals surface area (Å²) in [5.41, 5.74) is -0.282. The largest absolute Gasteiger partial charge is 0.339 e. The zero-order valence-corrected chi connectivity index (χ0v) is 15.7. The van der Waals surface area contributed by atoms with Crippen molar-refractivity contribution < 1.29 is 26.9 Å². The van der Waals surface area contributed by atoms with Crippen molar-refractivity contribution in [3.8, 4) is 11.4 Å². The summed E-state index contributed by atoms with van der Waals surface area (Å²) in [4.78, 5) is 18.2. The monoisotopic (exact) mass is 419 g/mol. The number of carbonyl (C=O) groups is 1. The summed E-state index contributed by atoms with van der Waals surface area (Å²) in [6.45, 7) is 0.646. The van der Waals surface area contributed by atoms with Crippen LogP contribution in [0, 0.1) is 29.2 Å². The number of likely N-dealkylation sites (tertiary alicyclic amines) is 1. The zero-order chi connectivity index (χ0) is 21.3. The number of piperidine rings is 1. The van der Waals surface area contributed by atoms with Crippen molar-refractivity contribution in [2.24, 2.45) is 5.92 Å². The number of rotatable bonds is 4. The Balaban J connectivity index is 1.46. The topological polar surface area (TPSA) is 59.2 Å². The van der Waals surface area contributed by atoms with Gasteiger partial charge in [-0.25, -0.2) is 17.6 Å². The van der Waals surface area contributed by atoms with Crippen molar-refractivity contribution in [1.29, 1.82) is 0 Å². The van der Waals surface area contributed by atoms with Gasteiger partial charge in [0.05, 0.1) is 11.1 Å². The summed E-state index contributed by atoms with van der Waals surface area (Å²) in [6, 6.07) is 7.74. The Morgan fingerprint density at radius 2 is 1.87 bits per heavy atom. The lowest BCUT2D eigenvalue weighted by atomic mass is 9.94. The number of carbonyl (C=O) groups excluding carboxylic acids is 1. The Bertz CT molecular complexity index is 1090. The second-order valence-corrected chi connectivity index (χ2v) is 7.18. The van der Waals surface area contributed by atoms with Crippen LogP contribution in [0.3, 0.4) is 0 Å². The summed E-state index contributed by atoms with van der Waals surface area (Å²) < 4.78 is 59.7. The van der Waals surface area contributed by atoms with Crippen LogP contribution in [0.15, 0.2) is 40.9 Å². The molecule has 3 aromatic rings. The van der Waals surface area contributed by atoms with Crippen LogP contribution in [0.2, 0.25) is 0 Å². The molecule has 0 radical (unpaired) electrons. The number of benzene rings is 2. The fourth-order valence-corrected chi connectivity index (χ4v) is 3.61. The molecule has 0 aliphatic carbocycles. The number of hydrogen-bond acceptors (Lipinski definition) is 4. The molecule has 0 N–H and O–H groups in total. The van der Waals surface area contributed by atoms with Crippen LogP contribution in [0.1, 0.15) is 29.1 Å². The van der Waals surface area contributed by atoms with Crippen molar-refractivity contribution in [3.05, 3.63) is 71.1 Å². The lowest BCUT2D eigenvalue weighted by molar-refractivity contribution is 0.0662. The van der Waals surface area contributed by atoms with Crippen LogP contribution in [-0.4, -0.2) is 34.0 Å². The first-order chi connectivity index (χ1) is 14.4. The van der Waals surface area contributed by atoms with E-state index in [1.807, 2.05) is 0 Å². The fourth-order valence-electron chi connectivity index (χ4n) is 3.61. The molecule has 30 heavy (non-hydrogen) atoms. The van der Waals surface area contributed by atoms with Crippen molar-refractivity contribution >= 4 is 5.91 Å². The van der Waals surface area contributed by atoms with E-state index in [-0.39, 0.29) is 23.9 Å².